The Morgan fingerprint density at radius 2 is 0.554 bits per heavy atom. The lowest BCUT2D eigenvalue weighted by Crippen LogP contribution is -2.30. The van der Waals surface area contributed by atoms with Crippen molar-refractivity contribution >= 4 is 39.5 Å². The second-order valence-electron chi connectivity index (χ2n) is 27.1. The Labute approximate surface area is 562 Å². The summed E-state index contributed by atoms with van der Waals surface area (Å²) >= 11 is 0. The molecular formula is C73H142O17P2. The van der Waals surface area contributed by atoms with Crippen molar-refractivity contribution in [3.05, 3.63) is 0 Å². The van der Waals surface area contributed by atoms with Gasteiger partial charge in [-0.15, -0.1) is 0 Å². The van der Waals surface area contributed by atoms with Crippen molar-refractivity contribution in [3.8, 4) is 0 Å². The molecule has 0 heterocycles. The first-order valence-corrected chi connectivity index (χ1v) is 41.0. The zero-order valence-electron chi connectivity index (χ0n) is 59.9. The Morgan fingerprint density at radius 1 is 0.315 bits per heavy atom. The average Bonchev–Trinajstić information content (AvgIpc) is 2.52. The number of esters is 4. The van der Waals surface area contributed by atoms with E-state index in [0.717, 1.165) is 115 Å². The Balaban J connectivity index is 5.20. The van der Waals surface area contributed by atoms with Crippen molar-refractivity contribution in [2.24, 2.45) is 11.8 Å². The summed E-state index contributed by atoms with van der Waals surface area (Å²) in [5, 5.41) is 10.6. The minimum atomic E-state index is -4.95. The quantitative estimate of drug-likeness (QED) is 0.0222. The Morgan fingerprint density at radius 3 is 0.826 bits per heavy atom. The summed E-state index contributed by atoms with van der Waals surface area (Å²) in [6.07, 6.45) is 51.3. The highest BCUT2D eigenvalue weighted by Gasteiger charge is 2.30. The van der Waals surface area contributed by atoms with Crippen LogP contribution in [-0.2, 0) is 65.4 Å². The molecule has 0 spiro atoms. The molecule has 19 heteroatoms. The molecular weight excluding hydrogens is 1210 g/mol. The van der Waals surface area contributed by atoms with Gasteiger partial charge in [-0.05, 0) is 37.5 Å². The molecule has 0 rings (SSSR count). The first-order chi connectivity index (χ1) is 44.4. The van der Waals surface area contributed by atoms with E-state index in [1.165, 1.54) is 180 Å². The first kappa shape index (κ1) is 90.1. The van der Waals surface area contributed by atoms with E-state index < -0.39 is 97.5 Å². The molecule has 92 heavy (non-hydrogen) atoms. The molecule has 17 nitrogen and oxygen atoms in total. The zero-order chi connectivity index (χ0) is 67.9. The van der Waals surface area contributed by atoms with E-state index in [1.54, 1.807) is 0 Å². The van der Waals surface area contributed by atoms with Gasteiger partial charge in [-0.3, -0.25) is 37.3 Å². The fraction of sp³-hybridized carbons (Fsp3) is 0.945. The summed E-state index contributed by atoms with van der Waals surface area (Å²) in [6, 6.07) is 0. The Bertz CT molecular complexity index is 1790. The minimum absolute atomic E-state index is 0.107. The lowest BCUT2D eigenvalue weighted by atomic mass is 9.99. The number of carbonyl (C=O) groups excluding carboxylic acids is 4. The molecule has 0 aromatic carbocycles. The van der Waals surface area contributed by atoms with Crippen molar-refractivity contribution in [1.82, 2.24) is 0 Å². The molecule has 0 aliphatic carbocycles. The fourth-order valence-electron chi connectivity index (χ4n) is 11.1. The van der Waals surface area contributed by atoms with Crippen LogP contribution in [0.1, 0.15) is 375 Å². The summed E-state index contributed by atoms with van der Waals surface area (Å²) in [5.41, 5.74) is 0. The molecule has 0 aromatic rings. The molecule has 0 amide bonds. The van der Waals surface area contributed by atoms with Gasteiger partial charge in [-0.2, -0.15) is 0 Å². The number of hydrogen-bond acceptors (Lipinski definition) is 15. The Kier molecular flexibility index (Phi) is 63.7. The van der Waals surface area contributed by atoms with E-state index in [-0.39, 0.29) is 25.7 Å². The van der Waals surface area contributed by atoms with Crippen LogP contribution in [-0.4, -0.2) is 96.7 Å². The van der Waals surface area contributed by atoms with Crippen molar-refractivity contribution in [3.63, 3.8) is 0 Å². The number of carbonyl (C=O) groups is 4. The van der Waals surface area contributed by atoms with Gasteiger partial charge in [0.2, 0.25) is 0 Å². The predicted octanol–water partition coefficient (Wildman–Crippen LogP) is 21.2. The van der Waals surface area contributed by atoms with Crippen LogP contribution in [0.3, 0.4) is 0 Å². The molecule has 0 aliphatic rings. The van der Waals surface area contributed by atoms with Gasteiger partial charge in [-0.25, -0.2) is 9.13 Å². The highest BCUT2D eigenvalue weighted by atomic mass is 31.2. The summed E-state index contributed by atoms with van der Waals surface area (Å²) in [4.78, 5) is 72.6. The van der Waals surface area contributed by atoms with Crippen LogP contribution in [0.15, 0.2) is 0 Å². The van der Waals surface area contributed by atoms with Crippen molar-refractivity contribution < 1.29 is 80.2 Å². The molecule has 0 bridgehead atoms. The van der Waals surface area contributed by atoms with Gasteiger partial charge < -0.3 is 33.8 Å². The molecule has 0 saturated carbocycles. The van der Waals surface area contributed by atoms with Crippen molar-refractivity contribution in [2.45, 2.75) is 394 Å². The van der Waals surface area contributed by atoms with Crippen molar-refractivity contribution in [2.75, 3.05) is 39.6 Å². The number of aliphatic hydroxyl groups excluding tert-OH is 1. The van der Waals surface area contributed by atoms with Crippen LogP contribution in [0.5, 0.6) is 0 Å². The Hall–Kier alpha value is -1.94. The third-order valence-electron chi connectivity index (χ3n) is 17.3. The lowest BCUT2D eigenvalue weighted by molar-refractivity contribution is -0.161. The maximum Gasteiger partial charge on any atom is 0.472 e. The first-order valence-electron chi connectivity index (χ1n) is 38.0. The lowest BCUT2D eigenvalue weighted by Gasteiger charge is -2.21. The topological polar surface area (TPSA) is 237 Å². The number of phosphoric acid groups is 2. The van der Waals surface area contributed by atoms with Crippen LogP contribution in [0.4, 0.5) is 0 Å². The molecule has 3 unspecified atom stereocenters. The summed E-state index contributed by atoms with van der Waals surface area (Å²) in [6.45, 7) is 9.60. The number of hydrogen-bond donors (Lipinski definition) is 3. The van der Waals surface area contributed by atoms with Gasteiger partial charge in [0.05, 0.1) is 26.4 Å². The maximum atomic E-state index is 13.1. The molecule has 0 fully saturated rings. The number of rotatable bonds is 72. The van der Waals surface area contributed by atoms with Crippen LogP contribution in [0.2, 0.25) is 0 Å². The molecule has 0 saturated heterocycles. The van der Waals surface area contributed by atoms with Crippen LogP contribution in [0.25, 0.3) is 0 Å². The van der Waals surface area contributed by atoms with Crippen LogP contribution >= 0.6 is 15.6 Å². The zero-order valence-corrected chi connectivity index (χ0v) is 61.6. The molecule has 0 aromatic heterocycles. The number of phosphoric ester groups is 2. The van der Waals surface area contributed by atoms with E-state index in [2.05, 4.69) is 41.5 Å². The fourth-order valence-corrected chi connectivity index (χ4v) is 12.7. The SMILES string of the molecule is CCCCCCCCCCCCCCCC(=O)O[C@H](COC(=O)CCCCCCCCC)COP(=O)(O)OC[C@H](O)COP(=O)(O)OC[C@@H](COC(=O)CCCCCCCCCCCCCC(C)C)OC(=O)CCCCCCCCCCCCCCCCC(C)CC. The smallest absolute Gasteiger partial charge is 0.462 e. The van der Waals surface area contributed by atoms with Crippen molar-refractivity contribution in [1.29, 1.82) is 0 Å². The highest BCUT2D eigenvalue weighted by molar-refractivity contribution is 7.47. The summed E-state index contributed by atoms with van der Waals surface area (Å²) < 4.78 is 68.3. The van der Waals surface area contributed by atoms with Crippen LogP contribution in [0, 0.1) is 11.8 Å². The van der Waals surface area contributed by atoms with E-state index in [4.69, 9.17) is 37.0 Å². The highest BCUT2D eigenvalue weighted by Crippen LogP contribution is 2.45. The molecule has 6 atom stereocenters. The molecule has 546 valence electrons. The standard InChI is InChI=1S/C73H142O17P2/c1-7-10-12-14-16-17-18-21-27-33-39-45-51-57-72(77)89-68(61-83-70(75)55-49-43-35-15-13-11-8-2)63-87-91(79,80)85-59-67(74)60-86-92(81,82)88-64-69(62-84-71(76)56-50-44-38-32-29-24-25-30-36-41-47-53-65(4)5)90-73(78)58-52-46-40-34-28-23-20-19-22-26-31-37-42-48-54-66(6)9-3/h65-69,74H,7-64H2,1-6H3,(H,79,80)(H,81,82)/t66?,67-,68+,69+/m0/s1. The number of unbranched alkanes of at least 4 members (excludes halogenated alkanes) is 41. The van der Waals surface area contributed by atoms with E-state index in [9.17, 15) is 43.2 Å². The second-order valence-corrected chi connectivity index (χ2v) is 30.0. The number of aliphatic hydroxyl groups is 1. The largest absolute Gasteiger partial charge is 0.472 e. The van der Waals surface area contributed by atoms with Gasteiger partial charge >= 0.3 is 39.5 Å². The van der Waals surface area contributed by atoms with E-state index >= 15 is 0 Å². The van der Waals surface area contributed by atoms with Gasteiger partial charge in [0.1, 0.15) is 19.3 Å². The minimum Gasteiger partial charge on any atom is -0.462 e. The normalized spacial score (nSPS) is 14.4. The third-order valence-corrected chi connectivity index (χ3v) is 19.2. The molecule has 3 N–H and O–H groups in total. The summed E-state index contributed by atoms with van der Waals surface area (Å²) in [5.74, 6) is -0.506. The van der Waals surface area contributed by atoms with Crippen LogP contribution < -0.4 is 0 Å². The van der Waals surface area contributed by atoms with Gasteiger partial charge in [-0.1, -0.05) is 324 Å². The summed E-state index contributed by atoms with van der Waals surface area (Å²) in [7, 11) is -9.90. The second kappa shape index (κ2) is 65.0. The van der Waals surface area contributed by atoms with Gasteiger partial charge in [0, 0.05) is 25.7 Å². The molecule has 0 aliphatic heterocycles. The molecule has 0 radical (unpaired) electrons. The van der Waals surface area contributed by atoms with E-state index in [0.29, 0.717) is 25.7 Å². The number of ether oxygens (including phenoxy) is 4. The van der Waals surface area contributed by atoms with E-state index in [1.807, 2.05) is 0 Å². The maximum absolute atomic E-state index is 13.1. The van der Waals surface area contributed by atoms with Gasteiger partial charge in [0.15, 0.2) is 12.2 Å². The monoisotopic (exact) mass is 1350 g/mol. The van der Waals surface area contributed by atoms with Gasteiger partial charge in [0.25, 0.3) is 0 Å². The average molecular weight is 1350 g/mol. The third kappa shape index (κ3) is 65.4. The predicted molar refractivity (Wildman–Crippen MR) is 372 cm³/mol.